The molecule has 3 nitrogen and oxygen atoms in total. The van der Waals surface area contributed by atoms with E-state index in [-0.39, 0.29) is 0 Å². The van der Waals surface area contributed by atoms with Crippen LogP contribution in [0.3, 0.4) is 0 Å². The third-order valence-electron chi connectivity index (χ3n) is 1.39. The molecule has 0 aliphatic carbocycles. The van der Waals surface area contributed by atoms with Crippen molar-refractivity contribution in [2.24, 2.45) is 0 Å². The van der Waals surface area contributed by atoms with Gasteiger partial charge in [-0.1, -0.05) is 26.7 Å². The minimum atomic E-state index is -0.804. The molecule has 0 fully saturated rings. The van der Waals surface area contributed by atoms with Crippen LogP contribution in [0, 0.1) is 0 Å². The van der Waals surface area contributed by atoms with Gasteiger partial charge in [0.1, 0.15) is 0 Å². The first-order valence-corrected chi connectivity index (χ1v) is 4.22. The lowest BCUT2D eigenvalue weighted by Crippen LogP contribution is -2.21. The first-order valence-electron chi connectivity index (χ1n) is 4.22. The van der Waals surface area contributed by atoms with E-state index in [9.17, 15) is 0 Å². The topological polar surface area (TPSA) is 49.7 Å². The molecule has 0 aliphatic heterocycles. The molecular weight excluding hydrogens is 144 g/mol. The molecule has 11 heavy (non-hydrogen) atoms. The van der Waals surface area contributed by atoms with E-state index in [4.69, 9.17) is 14.9 Å². The summed E-state index contributed by atoms with van der Waals surface area (Å²) in [5.74, 6) is 0. The van der Waals surface area contributed by atoms with Crippen LogP contribution in [-0.4, -0.2) is 22.8 Å². The van der Waals surface area contributed by atoms with Crippen LogP contribution in [0.25, 0.3) is 0 Å². The maximum absolute atomic E-state index is 9.06. The van der Waals surface area contributed by atoms with Gasteiger partial charge in [-0.05, 0) is 12.8 Å². The zero-order chi connectivity index (χ0) is 8.69. The highest BCUT2D eigenvalue weighted by Crippen LogP contribution is 2.04. The van der Waals surface area contributed by atoms with Crippen molar-refractivity contribution < 1.29 is 14.9 Å². The molecule has 0 radical (unpaired) electrons. The fraction of sp³-hybridized carbons (Fsp3) is 1.00. The van der Waals surface area contributed by atoms with Crippen molar-refractivity contribution in [2.45, 2.75) is 52.1 Å². The summed E-state index contributed by atoms with van der Waals surface area (Å²) in [6.45, 7) is 3.91. The highest BCUT2D eigenvalue weighted by Gasteiger charge is 2.08. The molecule has 2 N–H and O–H groups in total. The lowest BCUT2D eigenvalue weighted by molar-refractivity contribution is -0.211. The Balaban J connectivity index is 3.32. The summed E-state index contributed by atoms with van der Waals surface area (Å²) in [5, 5.41) is 18.1. The lowest BCUT2D eigenvalue weighted by Gasteiger charge is -2.15. The van der Waals surface area contributed by atoms with Gasteiger partial charge in [0.2, 0.25) is 0 Å². The van der Waals surface area contributed by atoms with Gasteiger partial charge in [0.25, 0.3) is 0 Å². The standard InChI is InChI=1S/C8H18O3/c1-3-5-7(9)11-8(10)6-4-2/h7-10H,3-6H2,1-2H3/t7-,8-/m0/s1. The van der Waals surface area contributed by atoms with Crippen LogP contribution in [0.4, 0.5) is 0 Å². The molecule has 0 saturated heterocycles. The van der Waals surface area contributed by atoms with Crippen molar-refractivity contribution in [1.29, 1.82) is 0 Å². The fourth-order valence-electron chi connectivity index (χ4n) is 0.811. The van der Waals surface area contributed by atoms with Gasteiger partial charge in [0.05, 0.1) is 0 Å². The molecular formula is C8H18O3. The van der Waals surface area contributed by atoms with E-state index >= 15 is 0 Å². The molecule has 0 unspecified atom stereocenters. The molecule has 68 valence electrons. The zero-order valence-corrected chi connectivity index (χ0v) is 7.29. The number of ether oxygens (including phenoxy) is 1. The van der Waals surface area contributed by atoms with Gasteiger partial charge in [0.15, 0.2) is 12.6 Å². The summed E-state index contributed by atoms with van der Waals surface area (Å²) in [6.07, 6.45) is 1.28. The highest BCUT2D eigenvalue weighted by molar-refractivity contribution is 4.44. The number of aliphatic hydroxyl groups is 2. The second-order valence-electron chi connectivity index (χ2n) is 2.62. The van der Waals surface area contributed by atoms with Crippen molar-refractivity contribution in [3.05, 3.63) is 0 Å². The Hall–Kier alpha value is -0.120. The molecule has 0 saturated carbocycles. The Morgan fingerprint density at radius 2 is 1.36 bits per heavy atom. The van der Waals surface area contributed by atoms with Gasteiger partial charge < -0.3 is 14.9 Å². The van der Waals surface area contributed by atoms with E-state index in [0.29, 0.717) is 12.8 Å². The van der Waals surface area contributed by atoms with Gasteiger partial charge in [-0.3, -0.25) is 0 Å². The summed E-state index contributed by atoms with van der Waals surface area (Å²) >= 11 is 0. The highest BCUT2D eigenvalue weighted by atomic mass is 16.7. The Morgan fingerprint density at radius 1 is 1.00 bits per heavy atom. The molecule has 0 rings (SSSR count). The number of rotatable bonds is 6. The van der Waals surface area contributed by atoms with Gasteiger partial charge in [0, 0.05) is 0 Å². The van der Waals surface area contributed by atoms with E-state index in [1.807, 2.05) is 13.8 Å². The van der Waals surface area contributed by atoms with E-state index in [0.717, 1.165) is 12.8 Å². The molecule has 0 aromatic heterocycles. The van der Waals surface area contributed by atoms with Crippen molar-refractivity contribution in [3.63, 3.8) is 0 Å². The SMILES string of the molecule is CCC[C@@H](O)O[C@H](O)CCC. The largest absolute Gasteiger partial charge is 0.368 e. The minimum absolute atomic E-state index is 0.584. The normalized spacial score (nSPS) is 16.4. The van der Waals surface area contributed by atoms with Gasteiger partial charge in [-0.25, -0.2) is 0 Å². The monoisotopic (exact) mass is 162 g/mol. The molecule has 2 atom stereocenters. The van der Waals surface area contributed by atoms with Crippen molar-refractivity contribution >= 4 is 0 Å². The Labute approximate surface area is 68.0 Å². The van der Waals surface area contributed by atoms with Gasteiger partial charge in [-0.15, -0.1) is 0 Å². The predicted octanol–water partition coefficient (Wildman–Crippen LogP) is 1.24. The van der Waals surface area contributed by atoms with Gasteiger partial charge >= 0.3 is 0 Å². The average molecular weight is 162 g/mol. The summed E-state index contributed by atoms with van der Waals surface area (Å²) < 4.78 is 4.84. The molecule has 0 bridgehead atoms. The average Bonchev–Trinajstić information content (AvgIpc) is 1.87. The van der Waals surface area contributed by atoms with Crippen molar-refractivity contribution in [1.82, 2.24) is 0 Å². The molecule has 0 aromatic carbocycles. The molecule has 0 heterocycles. The quantitative estimate of drug-likeness (QED) is 0.578. The second kappa shape index (κ2) is 6.58. The smallest absolute Gasteiger partial charge is 0.157 e. The molecule has 0 amide bonds. The second-order valence-corrected chi connectivity index (χ2v) is 2.62. The predicted molar refractivity (Wildman–Crippen MR) is 42.9 cm³/mol. The van der Waals surface area contributed by atoms with Crippen LogP contribution < -0.4 is 0 Å². The van der Waals surface area contributed by atoms with Crippen LogP contribution in [0.1, 0.15) is 39.5 Å². The maximum atomic E-state index is 9.06. The van der Waals surface area contributed by atoms with E-state index in [1.165, 1.54) is 0 Å². The molecule has 3 heteroatoms. The van der Waals surface area contributed by atoms with E-state index in [1.54, 1.807) is 0 Å². The number of aliphatic hydroxyl groups excluding tert-OH is 2. The molecule has 0 spiro atoms. The lowest BCUT2D eigenvalue weighted by atomic mass is 10.3. The van der Waals surface area contributed by atoms with Crippen LogP contribution in [0.2, 0.25) is 0 Å². The Bertz CT molecular complexity index is 75.4. The van der Waals surface area contributed by atoms with Crippen LogP contribution in [-0.2, 0) is 4.74 Å². The summed E-state index contributed by atoms with van der Waals surface area (Å²) in [7, 11) is 0. The number of hydrogen-bond acceptors (Lipinski definition) is 3. The van der Waals surface area contributed by atoms with Crippen molar-refractivity contribution in [2.75, 3.05) is 0 Å². The first-order chi connectivity index (χ1) is 5.20. The summed E-state index contributed by atoms with van der Waals surface area (Å²) in [6, 6.07) is 0. The third kappa shape index (κ3) is 6.28. The van der Waals surface area contributed by atoms with Crippen LogP contribution in [0.15, 0.2) is 0 Å². The summed E-state index contributed by atoms with van der Waals surface area (Å²) in [4.78, 5) is 0. The fourth-order valence-corrected chi connectivity index (χ4v) is 0.811. The van der Waals surface area contributed by atoms with E-state index < -0.39 is 12.6 Å². The van der Waals surface area contributed by atoms with E-state index in [2.05, 4.69) is 0 Å². The first kappa shape index (κ1) is 10.9. The van der Waals surface area contributed by atoms with Gasteiger partial charge in [-0.2, -0.15) is 0 Å². The zero-order valence-electron chi connectivity index (χ0n) is 7.29. The third-order valence-corrected chi connectivity index (χ3v) is 1.39. The van der Waals surface area contributed by atoms with Crippen molar-refractivity contribution in [3.8, 4) is 0 Å². The maximum Gasteiger partial charge on any atom is 0.157 e. The van der Waals surface area contributed by atoms with Crippen LogP contribution >= 0.6 is 0 Å². The minimum Gasteiger partial charge on any atom is -0.368 e. The molecule has 0 aromatic rings. The Morgan fingerprint density at radius 3 is 1.64 bits per heavy atom. The Kier molecular flexibility index (Phi) is 6.51. The van der Waals surface area contributed by atoms with Crippen LogP contribution in [0.5, 0.6) is 0 Å². The number of hydrogen-bond donors (Lipinski definition) is 2. The summed E-state index contributed by atoms with van der Waals surface area (Å²) in [5.41, 5.74) is 0. The molecule has 0 aliphatic rings.